The molecule has 0 atom stereocenters. The average Bonchev–Trinajstić information content (AvgIpc) is 2.41. The molecule has 0 spiro atoms. The molecule has 2 N–H and O–H groups in total. The van der Waals surface area contributed by atoms with Gasteiger partial charge in [0.15, 0.2) is 5.82 Å². The zero-order chi connectivity index (χ0) is 14.8. The number of nitriles is 1. The van der Waals surface area contributed by atoms with E-state index in [-0.39, 0.29) is 21.3 Å². The molecule has 7 nitrogen and oxygen atoms in total. The Morgan fingerprint density at radius 1 is 1.30 bits per heavy atom. The maximum atomic E-state index is 12.1. The van der Waals surface area contributed by atoms with E-state index in [0.29, 0.717) is 0 Å². The minimum Gasteiger partial charge on any atom is -0.268 e. The highest BCUT2D eigenvalue weighted by Crippen LogP contribution is 2.21. The van der Waals surface area contributed by atoms with Gasteiger partial charge in [-0.3, -0.25) is 9.52 Å². The number of hydrogen-bond donors (Lipinski definition) is 2. The van der Waals surface area contributed by atoms with Gasteiger partial charge in [0.1, 0.15) is 6.07 Å². The molecule has 0 radical (unpaired) electrons. The Bertz CT molecular complexity index is 834. The Hall–Kier alpha value is -2.37. The van der Waals surface area contributed by atoms with Gasteiger partial charge in [0.05, 0.1) is 15.5 Å². The van der Waals surface area contributed by atoms with Crippen molar-refractivity contribution in [3.63, 3.8) is 0 Å². The molecule has 0 aliphatic heterocycles. The molecule has 1 aromatic carbocycles. The van der Waals surface area contributed by atoms with Crippen LogP contribution in [0.1, 0.15) is 5.56 Å². The molecule has 0 saturated heterocycles. The van der Waals surface area contributed by atoms with Crippen LogP contribution in [0.25, 0.3) is 0 Å². The van der Waals surface area contributed by atoms with Gasteiger partial charge in [-0.25, -0.2) is 13.5 Å². The molecule has 0 amide bonds. The number of H-pyrrole nitrogens is 1. The number of anilines is 1. The quantitative estimate of drug-likeness (QED) is 0.880. The largest absolute Gasteiger partial charge is 0.268 e. The van der Waals surface area contributed by atoms with Gasteiger partial charge in [-0.05, 0) is 24.3 Å². The third-order valence-electron chi connectivity index (χ3n) is 2.29. The van der Waals surface area contributed by atoms with E-state index in [9.17, 15) is 13.2 Å². The molecule has 0 saturated carbocycles. The van der Waals surface area contributed by atoms with Crippen LogP contribution in [-0.2, 0) is 10.0 Å². The van der Waals surface area contributed by atoms with E-state index >= 15 is 0 Å². The van der Waals surface area contributed by atoms with E-state index in [1.54, 1.807) is 0 Å². The topological polar surface area (TPSA) is 116 Å². The van der Waals surface area contributed by atoms with Crippen LogP contribution in [0.4, 0.5) is 5.82 Å². The third-order valence-corrected chi connectivity index (χ3v) is 3.95. The molecule has 20 heavy (non-hydrogen) atoms. The summed E-state index contributed by atoms with van der Waals surface area (Å²) < 4.78 is 26.3. The van der Waals surface area contributed by atoms with Crippen molar-refractivity contribution < 1.29 is 8.42 Å². The summed E-state index contributed by atoms with van der Waals surface area (Å²) in [6.07, 6.45) is 0. The molecule has 102 valence electrons. The van der Waals surface area contributed by atoms with Gasteiger partial charge in [-0.2, -0.15) is 10.4 Å². The molecule has 2 aromatic rings. The predicted molar refractivity (Wildman–Crippen MR) is 71.8 cm³/mol. The normalized spacial score (nSPS) is 10.8. The number of aromatic nitrogens is 2. The zero-order valence-corrected chi connectivity index (χ0v) is 11.4. The Kier molecular flexibility index (Phi) is 3.74. The fourth-order valence-corrected chi connectivity index (χ4v) is 2.67. The van der Waals surface area contributed by atoms with Gasteiger partial charge in [-0.1, -0.05) is 11.6 Å². The lowest BCUT2D eigenvalue weighted by molar-refractivity contribution is 0.601. The van der Waals surface area contributed by atoms with Crippen molar-refractivity contribution in [2.45, 2.75) is 4.90 Å². The molecular weight excluding hydrogens is 304 g/mol. The number of nitrogens with one attached hydrogen (secondary N) is 2. The van der Waals surface area contributed by atoms with E-state index in [1.165, 1.54) is 18.2 Å². The van der Waals surface area contributed by atoms with Gasteiger partial charge in [0.25, 0.3) is 15.6 Å². The molecule has 0 aliphatic carbocycles. The second kappa shape index (κ2) is 5.32. The van der Waals surface area contributed by atoms with Crippen LogP contribution in [0.3, 0.4) is 0 Å². The molecule has 0 bridgehead atoms. The van der Waals surface area contributed by atoms with E-state index in [4.69, 9.17) is 16.9 Å². The molecule has 1 heterocycles. The van der Waals surface area contributed by atoms with E-state index in [0.717, 1.165) is 12.1 Å². The number of hydrogen-bond acceptors (Lipinski definition) is 5. The highest BCUT2D eigenvalue weighted by Gasteiger charge is 2.16. The van der Waals surface area contributed by atoms with Crippen LogP contribution in [0.15, 0.2) is 40.0 Å². The molecular formula is C11H7ClN4O3S. The molecule has 1 aromatic heterocycles. The molecule has 0 aliphatic rings. The summed E-state index contributed by atoms with van der Waals surface area (Å²) in [7, 11) is -3.90. The fraction of sp³-hybridized carbons (Fsp3) is 0. The van der Waals surface area contributed by atoms with E-state index in [2.05, 4.69) is 14.9 Å². The summed E-state index contributed by atoms with van der Waals surface area (Å²) in [6.45, 7) is 0. The standard InChI is InChI=1S/C11H7ClN4O3S/c12-9-5-8(2-1-7(9)6-13)20(18,19)16-10-3-4-11(17)15-14-10/h1-5H,(H,14,16)(H,15,17). The van der Waals surface area contributed by atoms with Crippen molar-refractivity contribution in [3.8, 4) is 6.07 Å². The lowest BCUT2D eigenvalue weighted by atomic mass is 10.2. The third kappa shape index (κ3) is 2.96. The summed E-state index contributed by atoms with van der Waals surface area (Å²) >= 11 is 5.78. The highest BCUT2D eigenvalue weighted by atomic mass is 35.5. The Morgan fingerprint density at radius 3 is 2.60 bits per heavy atom. The Balaban J connectivity index is 2.36. The van der Waals surface area contributed by atoms with Crippen molar-refractivity contribution >= 4 is 27.4 Å². The smallest absolute Gasteiger partial charge is 0.264 e. The van der Waals surface area contributed by atoms with Crippen molar-refractivity contribution in [1.29, 1.82) is 5.26 Å². The first-order valence-electron chi connectivity index (χ1n) is 5.20. The zero-order valence-electron chi connectivity index (χ0n) is 9.79. The number of sulfonamides is 1. The lowest BCUT2D eigenvalue weighted by Gasteiger charge is -2.07. The van der Waals surface area contributed by atoms with Crippen LogP contribution in [0, 0.1) is 11.3 Å². The first-order chi connectivity index (χ1) is 9.42. The molecule has 2 rings (SSSR count). The van der Waals surface area contributed by atoms with Crippen LogP contribution < -0.4 is 10.3 Å². The summed E-state index contributed by atoms with van der Waals surface area (Å²) in [4.78, 5) is 10.7. The number of rotatable bonds is 3. The second-order valence-electron chi connectivity index (χ2n) is 3.67. The van der Waals surface area contributed by atoms with Crippen molar-refractivity contribution in [2.75, 3.05) is 4.72 Å². The van der Waals surface area contributed by atoms with E-state index in [1.807, 2.05) is 6.07 Å². The molecule has 9 heteroatoms. The van der Waals surface area contributed by atoms with Crippen molar-refractivity contribution in [1.82, 2.24) is 10.2 Å². The van der Waals surface area contributed by atoms with Gasteiger partial charge in [0.2, 0.25) is 0 Å². The summed E-state index contributed by atoms with van der Waals surface area (Å²) in [5.74, 6) is -0.0370. The maximum Gasteiger partial charge on any atom is 0.264 e. The summed E-state index contributed by atoms with van der Waals surface area (Å²) in [5, 5.41) is 14.4. The fourth-order valence-electron chi connectivity index (χ4n) is 1.35. The van der Waals surface area contributed by atoms with Gasteiger partial charge in [0, 0.05) is 6.07 Å². The van der Waals surface area contributed by atoms with Gasteiger partial charge in [-0.15, -0.1) is 0 Å². The minimum atomic E-state index is -3.90. The first-order valence-corrected chi connectivity index (χ1v) is 7.07. The van der Waals surface area contributed by atoms with Crippen molar-refractivity contribution in [3.05, 3.63) is 51.3 Å². The summed E-state index contributed by atoms with van der Waals surface area (Å²) in [6, 6.07) is 7.90. The first kappa shape index (κ1) is 14.0. The Labute approximate surface area is 118 Å². The van der Waals surface area contributed by atoms with Crippen LogP contribution >= 0.6 is 11.6 Å². The monoisotopic (exact) mass is 310 g/mol. The van der Waals surface area contributed by atoms with Gasteiger partial charge < -0.3 is 0 Å². The van der Waals surface area contributed by atoms with Crippen molar-refractivity contribution in [2.24, 2.45) is 0 Å². The maximum absolute atomic E-state index is 12.1. The van der Waals surface area contributed by atoms with Crippen LogP contribution in [-0.4, -0.2) is 18.6 Å². The van der Waals surface area contributed by atoms with Crippen LogP contribution in [0.2, 0.25) is 5.02 Å². The summed E-state index contributed by atoms with van der Waals surface area (Å²) in [5.41, 5.74) is -0.276. The average molecular weight is 311 g/mol. The number of benzene rings is 1. The minimum absolute atomic E-state index is 0.0322. The second-order valence-corrected chi connectivity index (χ2v) is 5.75. The number of halogens is 1. The highest BCUT2D eigenvalue weighted by molar-refractivity contribution is 7.92. The Morgan fingerprint density at radius 2 is 2.05 bits per heavy atom. The van der Waals surface area contributed by atoms with Gasteiger partial charge >= 0.3 is 0 Å². The lowest BCUT2D eigenvalue weighted by Crippen LogP contribution is -2.16. The SMILES string of the molecule is N#Cc1ccc(S(=O)(=O)Nc2ccc(=O)[nH]n2)cc1Cl. The molecule has 0 fully saturated rings. The van der Waals surface area contributed by atoms with Crippen LogP contribution in [0.5, 0.6) is 0 Å². The number of aromatic amines is 1. The predicted octanol–water partition coefficient (Wildman–Crippen LogP) is 1.10. The number of nitrogens with zero attached hydrogens (tertiary/aromatic N) is 2. The van der Waals surface area contributed by atoms with E-state index < -0.39 is 15.6 Å². The molecule has 0 unspecified atom stereocenters.